The predicted molar refractivity (Wildman–Crippen MR) is 57.0 cm³/mol. The maximum absolute atomic E-state index is 11.2. The molecule has 0 saturated carbocycles. The maximum Gasteiger partial charge on any atom is 0.239 e. The molecule has 1 aromatic rings. The molecular weight excluding hydrogens is 216 g/mol. The second-order valence-corrected chi connectivity index (χ2v) is 3.75. The first kappa shape index (κ1) is 10.2. The number of nitrogens with one attached hydrogen (secondary N) is 1. The first-order chi connectivity index (χ1) is 7.15. The van der Waals surface area contributed by atoms with Gasteiger partial charge in [0.1, 0.15) is 16.8 Å². The van der Waals surface area contributed by atoms with Crippen molar-refractivity contribution in [2.45, 2.75) is 6.92 Å². The second kappa shape index (κ2) is 4.02. The molecule has 1 aliphatic rings. The first-order valence-corrected chi connectivity index (χ1v) is 5.06. The van der Waals surface area contributed by atoms with E-state index in [1.165, 1.54) is 0 Å². The van der Waals surface area contributed by atoms with Gasteiger partial charge >= 0.3 is 0 Å². The molecule has 1 fully saturated rings. The number of carbonyl (C=O) groups is 1. The van der Waals surface area contributed by atoms with Crippen LogP contribution in [0.3, 0.4) is 0 Å². The van der Waals surface area contributed by atoms with Crippen LogP contribution in [0.1, 0.15) is 5.82 Å². The van der Waals surface area contributed by atoms with Crippen molar-refractivity contribution in [2.75, 3.05) is 24.5 Å². The SMILES string of the molecule is Cc1nc(Cl)cc(N2CCNC(=O)C2)n1. The summed E-state index contributed by atoms with van der Waals surface area (Å²) >= 11 is 5.83. The molecule has 80 valence electrons. The fourth-order valence-corrected chi connectivity index (χ4v) is 1.73. The Hall–Kier alpha value is -1.36. The van der Waals surface area contributed by atoms with Gasteiger partial charge in [-0.05, 0) is 6.92 Å². The van der Waals surface area contributed by atoms with Crippen LogP contribution in [0.4, 0.5) is 5.82 Å². The predicted octanol–water partition coefficient (Wildman–Crippen LogP) is 0.375. The van der Waals surface area contributed by atoms with Crippen molar-refractivity contribution in [1.29, 1.82) is 0 Å². The minimum Gasteiger partial charge on any atom is -0.353 e. The molecule has 1 aromatic heterocycles. The topological polar surface area (TPSA) is 58.1 Å². The summed E-state index contributed by atoms with van der Waals surface area (Å²) in [4.78, 5) is 21.3. The Morgan fingerprint density at radius 3 is 3.00 bits per heavy atom. The van der Waals surface area contributed by atoms with E-state index >= 15 is 0 Å². The van der Waals surface area contributed by atoms with Crippen molar-refractivity contribution in [2.24, 2.45) is 0 Å². The van der Waals surface area contributed by atoms with Crippen LogP contribution in [-0.2, 0) is 4.79 Å². The molecule has 0 aromatic carbocycles. The minimum atomic E-state index is 0.00800. The molecule has 0 spiro atoms. The number of aryl methyl sites for hydroxylation is 1. The van der Waals surface area contributed by atoms with Gasteiger partial charge in [0, 0.05) is 19.2 Å². The van der Waals surface area contributed by atoms with Crippen molar-refractivity contribution in [3.8, 4) is 0 Å². The van der Waals surface area contributed by atoms with Gasteiger partial charge in [0.25, 0.3) is 0 Å². The van der Waals surface area contributed by atoms with Crippen LogP contribution in [0.5, 0.6) is 0 Å². The Labute approximate surface area is 92.5 Å². The Morgan fingerprint density at radius 2 is 2.33 bits per heavy atom. The van der Waals surface area contributed by atoms with Gasteiger partial charge in [-0.1, -0.05) is 11.6 Å². The van der Waals surface area contributed by atoms with Gasteiger partial charge < -0.3 is 10.2 Å². The normalized spacial score (nSPS) is 16.4. The highest BCUT2D eigenvalue weighted by molar-refractivity contribution is 6.29. The number of halogens is 1. The number of amides is 1. The summed E-state index contributed by atoms with van der Waals surface area (Å²) in [6.45, 7) is 3.49. The number of aromatic nitrogens is 2. The lowest BCUT2D eigenvalue weighted by Crippen LogP contribution is -2.48. The highest BCUT2D eigenvalue weighted by Crippen LogP contribution is 2.16. The molecule has 1 amide bonds. The van der Waals surface area contributed by atoms with Crippen LogP contribution >= 0.6 is 11.6 Å². The zero-order valence-electron chi connectivity index (χ0n) is 8.33. The number of hydrogen-bond donors (Lipinski definition) is 1. The molecule has 1 aliphatic heterocycles. The van der Waals surface area contributed by atoms with E-state index in [4.69, 9.17) is 11.6 Å². The van der Waals surface area contributed by atoms with E-state index in [2.05, 4.69) is 15.3 Å². The average molecular weight is 227 g/mol. The van der Waals surface area contributed by atoms with E-state index in [0.29, 0.717) is 29.9 Å². The third kappa shape index (κ3) is 2.36. The van der Waals surface area contributed by atoms with Crippen molar-refractivity contribution in [3.63, 3.8) is 0 Å². The third-order valence-electron chi connectivity index (χ3n) is 2.16. The van der Waals surface area contributed by atoms with Gasteiger partial charge in [-0.3, -0.25) is 4.79 Å². The molecule has 2 rings (SSSR count). The summed E-state index contributed by atoms with van der Waals surface area (Å²) in [5.41, 5.74) is 0. The van der Waals surface area contributed by atoms with Gasteiger partial charge in [0.2, 0.25) is 5.91 Å². The van der Waals surface area contributed by atoms with E-state index in [1.54, 1.807) is 13.0 Å². The zero-order chi connectivity index (χ0) is 10.8. The molecule has 0 bridgehead atoms. The molecule has 1 saturated heterocycles. The number of carbonyl (C=O) groups excluding carboxylic acids is 1. The minimum absolute atomic E-state index is 0.00800. The summed E-state index contributed by atoms with van der Waals surface area (Å²) < 4.78 is 0. The number of nitrogens with zero attached hydrogens (tertiary/aromatic N) is 3. The van der Waals surface area contributed by atoms with E-state index < -0.39 is 0 Å². The lowest BCUT2D eigenvalue weighted by Gasteiger charge is -2.27. The standard InChI is InChI=1S/C9H11ClN4O/c1-6-12-7(10)4-8(13-6)14-3-2-11-9(15)5-14/h4H,2-3,5H2,1H3,(H,11,15). The average Bonchev–Trinajstić information content (AvgIpc) is 2.16. The lowest BCUT2D eigenvalue weighted by molar-refractivity contribution is -0.120. The smallest absolute Gasteiger partial charge is 0.239 e. The molecule has 15 heavy (non-hydrogen) atoms. The monoisotopic (exact) mass is 226 g/mol. The van der Waals surface area contributed by atoms with Gasteiger partial charge in [0.05, 0.1) is 6.54 Å². The van der Waals surface area contributed by atoms with Crippen LogP contribution in [0.15, 0.2) is 6.07 Å². The molecule has 2 heterocycles. The van der Waals surface area contributed by atoms with Gasteiger partial charge in [-0.25, -0.2) is 9.97 Å². The van der Waals surface area contributed by atoms with Gasteiger partial charge in [0.15, 0.2) is 0 Å². The van der Waals surface area contributed by atoms with Crippen LogP contribution in [0.25, 0.3) is 0 Å². The summed E-state index contributed by atoms with van der Waals surface area (Å²) in [6, 6.07) is 1.67. The van der Waals surface area contributed by atoms with Crippen molar-refractivity contribution in [1.82, 2.24) is 15.3 Å². The quantitative estimate of drug-likeness (QED) is 0.704. The van der Waals surface area contributed by atoms with Crippen LogP contribution in [-0.4, -0.2) is 35.5 Å². The Kier molecular flexibility index (Phi) is 2.73. The second-order valence-electron chi connectivity index (χ2n) is 3.37. The summed E-state index contributed by atoms with van der Waals surface area (Å²) in [5.74, 6) is 1.33. The van der Waals surface area contributed by atoms with E-state index in [0.717, 1.165) is 6.54 Å². The highest BCUT2D eigenvalue weighted by Gasteiger charge is 2.18. The largest absolute Gasteiger partial charge is 0.353 e. The number of piperazine rings is 1. The maximum atomic E-state index is 11.2. The van der Waals surface area contributed by atoms with Crippen LogP contribution in [0, 0.1) is 6.92 Å². The Bertz CT molecular complexity index is 375. The summed E-state index contributed by atoms with van der Waals surface area (Å²) in [5, 5.41) is 3.16. The molecule has 1 N–H and O–H groups in total. The number of rotatable bonds is 1. The number of hydrogen-bond acceptors (Lipinski definition) is 4. The molecular formula is C9H11ClN4O. The number of anilines is 1. The van der Waals surface area contributed by atoms with Crippen LogP contribution in [0.2, 0.25) is 5.15 Å². The summed E-state index contributed by atoms with van der Waals surface area (Å²) in [6.07, 6.45) is 0. The highest BCUT2D eigenvalue weighted by atomic mass is 35.5. The van der Waals surface area contributed by atoms with Crippen molar-refractivity contribution in [3.05, 3.63) is 17.0 Å². The van der Waals surface area contributed by atoms with E-state index in [1.807, 2.05) is 4.90 Å². The molecule has 0 aliphatic carbocycles. The first-order valence-electron chi connectivity index (χ1n) is 4.68. The molecule has 5 nitrogen and oxygen atoms in total. The van der Waals surface area contributed by atoms with E-state index in [-0.39, 0.29) is 5.91 Å². The lowest BCUT2D eigenvalue weighted by atomic mass is 10.3. The van der Waals surface area contributed by atoms with Crippen molar-refractivity contribution >= 4 is 23.3 Å². The third-order valence-corrected chi connectivity index (χ3v) is 2.35. The van der Waals surface area contributed by atoms with Gasteiger partial charge in [-0.15, -0.1) is 0 Å². The molecule has 0 atom stereocenters. The zero-order valence-corrected chi connectivity index (χ0v) is 9.08. The van der Waals surface area contributed by atoms with Gasteiger partial charge in [-0.2, -0.15) is 0 Å². The summed E-state index contributed by atoms with van der Waals surface area (Å²) in [7, 11) is 0. The molecule has 6 heteroatoms. The van der Waals surface area contributed by atoms with Crippen LogP contribution < -0.4 is 10.2 Å². The molecule has 0 radical (unpaired) electrons. The van der Waals surface area contributed by atoms with E-state index in [9.17, 15) is 4.79 Å². The van der Waals surface area contributed by atoms with Crippen molar-refractivity contribution < 1.29 is 4.79 Å². The Balaban J connectivity index is 2.24. The molecule has 0 unspecified atom stereocenters. The Morgan fingerprint density at radius 1 is 1.53 bits per heavy atom. The fourth-order valence-electron chi connectivity index (χ4n) is 1.51. The fraction of sp³-hybridized carbons (Fsp3) is 0.444.